The lowest BCUT2D eigenvalue weighted by molar-refractivity contribution is 1.13. The fourth-order valence-corrected chi connectivity index (χ4v) is 8.83. The van der Waals surface area contributed by atoms with E-state index in [0.717, 1.165) is 72.1 Å². The van der Waals surface area contributed by atoms with Crippen molar-refractivity contribution >= 4 is 65.4 Å². The Labute approximate surface area is 316 Å². The van der Waals surface area contributed by atoms with Crippen LogP contribution in [0.2, 0.25) is 0 Å². The second-order valence-electron chi connectivity index (χ2n) is 14.0. The van der Waals surface area contributed by atoms with Crippen LogP contribution in [-0.2, 0) is 0 Å². The van der Waals surface area contributed by atoms with Crippen LogP contribution in [0.3, 0.4) is 0 Å². The number of rotatable bonds is 4. The average Bonchev–Trinajstić information content (AvgIpc) is 3.89. The molecule has 0 aliphatic carbocycles. The number of nitriles is 2. The van der Waals surface area contributed by atoms with Crippen molar-refractivity contribution in [1.29, 1.82) is 10.5 Å². The lowest BCUT2D eigenvalue weighted by Crippen LogP contribution is -2.02. The van der Waals surface area contributed by atoms with Crippen LogP contribution in [0.5, 0.6) is 0 Å². The highest BCUT2D eigenvalue weighted by molar-refractivity contribution is 6.15. The molecule has 5 nitrogen and oxygen atoms in total. The molecule has 0 unspecified atom stereocenters. The molecule has 8 aromatic carbocycles. The fraction of sp³-hybridized carbons (Fsp3) is 0. The van der Waals surface area contributed by atoms with Crippen LogP contribution in [0.1, 0.15) is 11.1 Å². The third-order valence-corrected chi connectivity index (χ3v) is 11.1. The van der Waals surface area contributed by atoms with E-state index in [-0.39, 0.29) is 0 Å². The van der Waals surface area contributed by atoms with Gasteiger partial charge in [0.15, 0.2) is 0 Å². The molecule has 0 saturated carbocycles. The van der Waals surface area contributed by atoms with Crippen LogP contribution in [0.4, 0.5) is 0 Å². The molecule has 0 spiro atoms. The first kappa shape index (κ1) is 30.7. The van der Waals surface area contributed by atoms with E-state index in [1.165, 1.54) is 21.5 Å². The Morgan fingerprint density at radius 1 is 0.382 bits per heavy atom. The Bertz CT molecular complexity index is 3420. The molecule has 0 radical (unpaired) electrons. The van der Waals surface area contributed by atoms with E-state index in [0.29, 0.717) is 11.1 Å². The van der Waals surface area contributed by atoms with Crippen molar-refractivity contribution in [3.8, 4) is 40.3 Å². The summed E-state index contributed by atoms with van der Waals surface area (Å²) >= 11 is 0. The minimum Gasteiger partial charge on any atom is -0.307 e. The summed E-state index contributed by atoms with van der Waals surface area (Å²) in [6.07, 6.45) is 0. The smallest absolute Gasteiger partial charge is 0.101 e. The summed E-state index contributed by atoms with van der Waals surface area (Å²) < 4.78 is 6.98. The van der Waals surface area contributed by atoms with Gasteiger partial charge in [-0.1, -0.05) is 109 Å². The van der Waals surface area contributed by atoms with Gasteiger partial charge in [-0.15, -0.1) is 0 Å². The van der Waals surface area contributed by atoms with Gasteiger partial charge in [-0.3, -0.25) is 0 Å². The first-order valence-electron chi connectivity index (χ1n) is 18.3. The largest absolute Gasteiger partial charge is 0.307 e. The predicted octanol–water partition coefficient (Wildman–Crippen LogP) is 12.4. The summed E-state index contributed by atoms with van der Waals surface area (Å²) in [5.74, 6) is 0. The molecule has 3 heterocycles. The molecule has 11 aromatic rings. The quantitative estimate of drug-likeness (QED) is 0.184. The van der Waals surface area contributed by atoms with Gasteiger partial charge in [0.25, 0.3) is 0 Å². The zero-order valence-corrected chi connectivity index (χ0v) is 29.5. The van der Waals surface area contributed by atoms with Gasteiger partial charge < -0.3 is 13.7 Å². The Hall–Kier alpha value is -7.86. The van der Waals surface area contributed by atoms with Gasteiger partial charge in [0, 0.05) is 43.6 Å². The van der Waals surface area contributed by atoms with Crippen LogP contribution in [0, 0.1) is 22.7 Å². The molecule has 0 amide bonds. The Balaban J connectivity index is 1.20. The molecular formula is C50H29N5. The van der Waals surface area contributed by atoms with E-state index in [1.807, 2.05) is 42.5 Å². The number of hydrogen-bond acceptors (Lipinski definition) is 2. The highest BCUT2D eigenvalue weighted by atomic mass is 15.1. The van der Waals surface area contributed by atoms with Crippen LogP contribution >= 0.6 is 0 Å². The molecule has 0 aliphatic rings. The Morgan fingerprint density at radius 2 is 0.927 bits per heavy atom. The third-order valence-electron chi connectivity index (χ3n) is 11.1. The van der Waals surface area contributed by atoms with Crippen molar-refractivity contribution in [3.63, 3.8) is 0 Å². The van der Waals surface area contributed by atoms with Crippen molar-refractivity contribution in [3.05, 3.63) is 187 Å². The molecule has 0 N–H and O–H groups in total. The van der Waals surface area contributed by atoms with E-state index in [2.05, 4.69) is 159 Å². The fourth-order valence-electron chi connectivity index (χ4n) is 8.83. The van der Waals surface area contributed by atoms with E-state index in [1.54, 1.807) is 0 Å². The Kier molecular flexibility index (Phi) is 6.61. The molecule has 11 rings (SSSR count). The van der Waals surface area contributed by atoms with Crippen LogP contribution < -0.4 is 0 Å². The van der Waals surface area contributed by atoms with Gasteiger partial charge in [0.1, 0.15) is 6.07 Å². The topological polar surface area (TPSA) is 62.4 Å². The highest BCUT2D eigenvalue weighted by Gasteiger charge is 2.22. The minimum absolute atomic E-state index is 0.570. The van der Waals surface area contributed by atoms with Crippen molar-refractivity contribution in [2.45, 2.75) is 0 Å². The molecule has 5 heteroatoms. The standard InChI is InChI=1S/C50H29N5/c51-30-32-26-27-47-42(28-32)40-18-4-8-24-46(40)55(47)49-34(31-52)13-10-19-36(49)33-12-9-14-35(29-33)53-43-21-5-3-17-39(43)41-20-11-25-48(50(41)53)54-44-22-6-1-15-37(44)38-16-2-7-23-45(38)54/h1-29H. The van der Waals surface area contributed by atoms with Gasteiger partial charge in [0.2, 0.25) is 0 Å². The summed E-state index contributed by atoms with van der Waals surface area (Å²) in [5.41, 5.74) is 12.5. The van der Waals surface area contributed by atoms with Gasteiger partial charge in [0.05, 0.1) is 61.7 Å². The molecule has 0 saturated heterocycles. The van der Waals surface area contributed by atoms with Crippen molar-refractivity contribution in [2.24, 2.45) is 0 Å². The highest BCUT2D eigenvalue weighted by Crippen LogP contribution is 2.42. The van der Waals surface area contributed by atoms with Gasteiger partial charge in [-0.2, -0.15) is 10.5 Å². The monoisotopic (exact) mass is 699 g/mol. The molecule has 0 fully saturated rings. The third kappa shape index (κ3) is 4.39. The molecule has 0 bridgehead atoms. The van der Waals surface area contributed by atoms with Gasteiger partial charge >= 0.3 is 0 Å². The maximum Gasteiger partial charge on any atom is 0.101 e. The zero-order valence-electron chi connectivity index (χ0n) is 29.5. The molecular weight excluding hydrogens is 671 g/mol. The molecule has 3 aromatic heterocycles. The van der Waals surface area contributed by atoms with E-state index in [4.69, 9.17) is 0 Å². The molecule has 0 aliphatic heterocycles. The van der Waals surface area contributed by atoms with Crippen LogP contribution in [-0.4, -0.2) is 13.7 Å². The summed E-state index contributed by atoms with van der Waals surface area (Å²) in [4.78, 5) is 0. The number of aromatic nitrogens is 3. The van der Waals surface area contributed by atoms with Crippen molar-refractivity contribution in [1.82, 2.24) is 13.7 Å². The molecule has 254 valence electrons. The van der Waals surface area contributed by atoms with E-state index >= 15 is 0 Å². The molecule has 0 atom stereocenters. The maximum absolute atomic E-state index is 10.6. The summed E-state index contributed by atoms with van der Waals surface area (Å²) in [6, 6.07) is 66.0. The molecule has 55 heavy (non-hydrogen) atoms. The number of hydrogen-bond donors (Lipinski definition) is 0. The predicted molar refractivity (Wildman–Crippen MR) is 224 cm³/mol. The first-order valence-corrected chi connectivity index (χ1v) is 18.3. The minimum atomic E-state index is 0.570. The lowest BCUT2D eigenvalue weighted by atomic mass is 9.99. The first-order chi connectivity index (χ1) is 27.2. The van der Waals surface area contributed by atoms with Crippen LogP contribution in [0.25, 0.3) is 93.6 Å². The van der Waals surface area contributed by atoms with E-state index in [9.17, 15) is 10.5 Å². The second kappa shape index (κ2) is 11.8. The number of fused-ring (bicyclic) bond motifs is 9. The van der Waals surface area contributed by atoms with E-state index < -0.39 is 0 Å². The zero-order chi connectivity index (χ0) is 36.6. The van der Waals surface area contributed by atoms with Crippen LogP contribution in [0.15, 0.2) is 176 Å². The number of para-hydroxylation sites is 6. The van der Waals surface area contributed by atoms with Gasteiger partial charge in [-0.05, 0) is 72.3 Å². The number of nitrogens with zero attached hydrogens (tertiary/aromatic N) is 5. The normalized spacial score (nSPS) is 11.6. The lowest BCUT2D eigenvalue weighted by Gasteiger charge is -2.18. The van der Waals surface area contributed by atoms with Crippen molar-refractivity contribution in [2.75, 3.05) is 0 Å². The Morgan fingerprint density at radius 3 is 1.60 bits per heavy atom. The summed E-state index contributed by atoms with van der Waals surface area (Å²) in [7, 11) is 0. The average molecular weight is 700 g/mol. The maximum atomic E-state index is 10.6. The van der Waals surface area contributed by atoms with Crippen molar-refractivity contribution < 1.29 is 0 Å². The second-order valence-corrected chi connectivity index (χ2v) is 14.0. The summed E-state index contributed by atoms with van der Waals surface area (Å²) in [5, 5.41) is 27.2. The SMILES string of the molecule is N#Cc1ccc2c(c1)c1ccccc1n2-c1c(C#N)cccc1-c1cccc(-n2c3ccccc3c3cccc(-n4c5ccccc5c5ccccc54)c32)c1. The number of benzene rings is 8. The summed E-state index contributed by atoms with van der Waals surface area (Å²) in [6.45, 7) is 0. The van der Waals surface area contributed by atoms with Gasteiger partial charge in [-0.25, -0.2) is 0 Å².